The van der Waals surface area contributed by atoms with Crippen LogP contribution in [0.1, 0.15) is 12.2 Å². The van der Waals surface area contributed by atoms with Gasteiger partial charge in [0.15, 0.2) is 5.65 Å². The van der Waals surface area contributed by atoms with Crippen LogP contribution in [0.15, 0.2) is 12.1 Å². The molecule has 98 valence electrons. The van der Waals surface area contributed by atoms with E-state index < -0.39 is 18.7 Å². The summed E-state index contributed by atoms with van der Waals surface area (Å²) >= 11 is 0. The Morgan fingerprint density at radius 1 is 1.22 bits per heavy atom. The smallest absolute Gasteiger partial charge is 0.369 e. The number of halogens is 4. The number of hydrogen-bond acceptors (Lipinski definition) is 4. The Morgan fingerprint density at radius 3 is 2.67 bits per heavy atom. The number of hydrogen-bond donors (Lipinski definition) is 1. The van der Waals surface area contributed by atoms with Gasteiger partial charge in [-0.05, 0) is 18.6 Å². The fraction of sp³-hybridized carbons (Fsp3) is 0.444. The van der Waals surface area contributed by atoms with Crippen molar-refractivity contribution in [1.82, 2.24) is 19.8 Å². The van der Waals surface area contributed by atoms with E-state index in [1.165, 1.54) is 12.1 Å². The van der Waals surface area contributed by atoms with Gasteiger partial charge >= 0.3 is 6.18 Å². The van der Waals surface area contributed by atoms with Crippen molar-refractivity contribution in [2.45, 2.75) is 12.6 Å². The van der Waals surface area contributed by atoms with Gasteiger partial charge in [0.1, 0.15) is 5.82 Å². The summed E-state index contributed by atoms with van der Waals surface area (Å²) in [5.74, 6) is -0.979. The summed E-state index contributed by atoms with van der Waals surface area (Å²) < 4.78 is 50.2. The van der Waals surface area contributed by atoms with Crippen molar-refractivity contribution in [3.63, 3.8) is 0 Å². The summed E-state index contributed by atoms with van der Waals surface area (Å²) in [6.07, 6.45) is -4.36. The Morgan fingerprint density at radius 2 is 2.00 bits per heavy atom. The van der Waals surface area contributed by atoms with Gasteiger partial charge in [0.05, 0.1) is 6.67 Å². The highest BCUT2D eigenvalue weighted by Crippen LogP contribution is 2.27. The molecule has 0 saturated heterocycles. The Labute approximate surface area is 98.8 Å². The zero-order chi connectivity index (χ0) is 13.2. The van der Waals surface area contributed by atoms with Crippen molar-refractivity contribution in [3.8, 4) is 0 Å². The van der Waals surface area contributed by atoms with Crippen molar-refractivity contribution < 1.29 is 17.6 Å². The predicted octanol–water partition coefficient (Wildman–Crippen LogP) is 1.91. The van der Waals surface area contributed by atoms with E-state index in [1.54, 1.807) is 0 Å². The normalized spacial score (nSPS) is 12.0. The monoisotopic (exact) mass is 263 g/mol. The van der Waals surface area contributed by atoms with Gasteiger partial charge in [-0.2, -0.15) is 17.7 Å². The number of anilines is 1. The van der Waals surface area contributed by atoms with E-state index in [9.17, 15) is 17.6 Å². The Kier molecular flexibility index (Phi) is 3.30. The van der Waals surface area contributed by atoms with Crippen molar-refractivity contribution >= 4 is 11.5 Å². The molecule has 0 fully saturated rings. The highest BCUT2D eigenvalue weighted by Gasteiger charge is 2.37. The molecule has 0 atom stereocenters. The molecule has 0 saturated carbocycles. The van der Waals surface area contributed by atoms with Gasteiger partial charge in [-0.15, -0.1) is 15.3 Å². The molecule has 0 radical (unpaired) electrons. The minimum absolute atomic E-state index is 0.00151. The molecule has 0 aromatic carbocycles. The Balaban J connectivity index is 2.31. The summed E-state index contributed by atoms with van der Waals surface area (Å²) in [4.78, 5) is 0. The van der Waals surface area contributed by atoms with Crippen LogP contribution in [0.5, 0.6) is 0 Å². The minimum atomic E-state index is -4.62. The van der Waals surface area contributed by atoms with Gasteiger partial charge in [0.25, 0.3) is 5.82 Å². The number of aromatic nitrogens is 4. The van der Waals surface area contributed by atoms with E-state index in [0.29, 0.717) is 11.1 Å². The maximum Gasteiger partial charge on any atom is 0.453 e. The van der Waals surface area contributed by atoms with Gasteiger partial charge in [-0.25, -0.2) is 0 Å². The first-order valence-electron chi connectivity index (χ1n) is 5.12. The third-order valence-electron chi connectivity index (χ3n) is 2.13. The molecule has 9 heteroatoms. The number of rotatable bonds is 4. The first-order chi connectivity index (χ1) is 8.52. The van der Waals surface area contributed by atoms with E-state index in [1.807, 2.05) is 0 Å². The van der Waals surface area contributed by atoms with E-state index in [4.69, 9.17) is 0 Å². The first kappa shape index (κ1) is 12.5. The third-order valence-corrected chi connectivity index (χ3v) is 2.13. The average Bonchev–Trinajstić information content (AvgIpc) is 2.72. The lowest BCUT2D eigenvalue weighted by Gasteiger charge is -2.06. The van der Waals surface area contributed by atoms with Gasteiger partial charge in [0.2, 0.25) is 0 Å². The van der Waals surface area contributed by atoms with Crippen LogP contribution in [0, 0.1) is 0 Å². The van der Waals surface area contributed by atoms with Crippen LogP contribution in [0.4, 0.5) is 23.4 Å². The van der Waals surface area contributed by atoms with Crippen LogP contribution in [-0.4, -0.2) is 33.0 Å². The standard InChI is InChI=1S/C9H9F4N5/c10-4-1-5-14-6-2-3-7-15-16-8(9(11,12)13)18(7)17-6/h2-3H,1,4-5H2,(H,14,17). The lowest BCUT2D eigenvalue weighted by Crippen LogP contribution is -2.14. The van der Waals surface area contributed by atoms with Gasteiger partial charge in [-0.3, -0.25) is 4.39 Å². The minimum Gasteiger partial charge on any atom is -0.369 e. The molecule has 0 amide bonds. The molecule has 1 N–H and O–H groups in total. The molecular formula is C9H9F4N5. The second kappa shape index (κ2) is 4.75. The molecule has 2 heterocycles. The lowest BCUT2D eigenvalue weighted by atomic mass is 10.4. The van der Waals surface area contributed by atoms with Crippen LogP contribution in [0.25, 0.3) is 5.65 Å². The van der Waals surface area contributed by atoms with Crippen LogP contribution >= 0.6 is 0 Å². The summed E-state index contributed by atoms with van der Waals surface area (Å²) in [7, 11) is 0. The van der Waals surface area contributed by atoms with Crippen molar-refractivity contribution in [1.29, 1.82) is 0 Å². The molecule has 0 spiro atoms. The molecule has 5 nitrogen and oxygen atoms in total. The van der Waals surface area contributed by atoms with Crippen LogP contribution in [-0.2, 0) is 6.18 Å². The number of alkyl halides is 4. The Bertz CT molecular complexity index is 535. The third kappa shape index (κ3) is 2.49. The van der Waals surface area contributed by atoms with Crippen molar-refractivity contribution in [2.24, 2.45) is 0 Å². The molecule has 0 bridgehead atoms. The van der Waals surface area contributed by atoms with E-state index in [2.05, 4.69) is 20.6 Å². The predicted molar refractivity (Wildman–Crippen MR) is 54.9 cm³/mol. The van der Waals surface area contributed by atoms with Crippen LogP contribution < -0.4 is 5.32 Å². The highest BCUT2D eigenvalue weighted by molar-refractivity contribution is 5.44. The molecule has 0 unspecified atom stereocenters. The summed E-state index contributed by atoms with van der Waals surface area (Å²) in [6.45, 7) is -0.214. The maximum absolute atomic E-state index is 12.6. The number of fused-ring (bicyclic) bond motifs is 1. The fourth-order valence-electron chi connectivity index (χ4n) is 1.34. The second-order valence-electron chi connectivity index (χ2n) is 3.48. The molecule has 0 aliphatic rings. The molecule has 2 aromatic heterocycles. The van der Waals surface area contributed by atoms with Gasteiger partial charge in [-0.1, -0.05) is 0 Å². The lowest BCUT2D eigenvalue weighted by molar-refractivity contribution is -0.146. The Hall–Kier alpha value is -1.93. The fourth-order valence-corrected chi connectivity index (χ4v) is 1.34. The van der Waals surface area contributed by atoms with Gasteiger partial charge in [0, 0.05) is 6.54 Å². The zero-order valence-corrected chi connectivity index (χ0v) is 9.08. The molecule has 2 rings (SSSR count). The first-order valence-corrected chi connectivity index (χ1v) is 5.12. The summed E-state index contributed by atoms with van der Waals surface area (Å²) in [5.41, 5.74) is -0.00151. The molecule has 0 aliphatic carbocycles. The SMILES string of the molecule is FCCCNc1ccc2nnc(C(F)(F)F)n2n1. The second-order valence-corrected chi connectivity index (χ2v) is 3.48. The van der Waals surface area contributed by atoms with Crippen LogP contribution in [0.3, 0.4) is 0 Å². The average molecular weight is 263 g/mol. The molecule has 0 aliphatic heterocycles. The van der Waals surface area contributed by atoms with E-state index >= 15 is 0 Å². The summed E-state index contributed by atoms with van der Waals surface area (Å²) in [6, 6.07) is 2.81. The quantitative estimate of drug-likeness (QED) is 0.676. The molecule has 18 heavy (non-hydrogen) atoms. The van der Waals surface area contributed by atoms with E-state index in [0.717, 1.165) is 0 Å². The van der Waals surface area contributed by atoms with Crippen LogP contribution in [0.2, 0.25) is 0 Å². The zero-order valence-electron chi connectivity index (χ0n) is 9.08. The molecular weight excluding hydrogens is 254 g/mol. The number of nitrogens with zero attached hydrogens (tertiary/aromatic N) is 4. The topological polar surface area (TPSA) is 55.1 Å². The maximum atomic E-state index is 12.6. The van der Waals surface area contributed by atoms with Gasteiger partial charge < -0.3 is 5.32 Å². The van der Waals surface area contributed by atoms with Crippen molar-refractivity contribution in [2.75, 3.05) is 18.5 Å². The van der Waals surface area contributed by atoms with E-state index in [-0.39, 0.29) is 17.9 Å². The largest absolute Gasteiger partial charge is 0.453 e. The number of nitrogens with one attached hydrogen (secondary N) is 1. The summed E-state index contributed by atoms with van der Waals surface area (Å²) in [5, 5.41) is 12.8. The van der Waals surface area contributed by atoms with Crippen molar-refractivity contribution in [3.05, 3.63) is 18.0 Å². The molecule has 2 aromatic rings. The highest BCUT2D eigenvalue weighted by atomic mass is 19.4.